The van der Waals surface area contributed by atoms with Crippen LogP contribution in [-0.2, 0) is 0 Å². The zero-order valence-electron chi connectivity index (χ0n) is 17.8. The third kappa shape index (κ3) is 3.89. The van der Waals surface area contributed by atoms with Gasteiger partial charge in [-0.05, 0) is 48.0 Å². The van der Waals surface area contributed by atoms with Crippen molar-refractivity contribution in [2.75, 3.05) is 0 Å². The van der Waals surface area contributed by atoms with Gasteiger partial charge in [0.15, 0.2) is 0 Å². The summed E-state index contributed by atoms with van der Waals surface area (Å²) in [5.41, 5.74) is 4.37. The number of nitrogens with zero attached hydrogens (tertiary/aromatic N) is 2. The summed E-state index contributed by atoms with van der Waals surface area (Å²) in [6.45, 7) is 0. The molecule has 2 atom stereocenters. The highest BCUT2D eigenvalue weighted by Crippen LogP contribution is 2.47. The van der Waals surface area contributed by atoms with E-state index in [2.05, 4.69) is 63.4 Å². The van der Waals surface area contributed by atoms with E-state index in [9.17, 15) is 0 Å². The second-order valence-electron chi connectivity index (χ2n) is 8.15. The highest BCUT2D eigenvalue weighted by molar-refractivity contribution is 9.10. The minimum absolute atomic E-state index is 0.122. The van der Waals surface area contributed by atoms with E-state index in [0.717, 1.165) is 45.0 Å². The third-order valence-corrected chi connectivity index (χ3v) is 6.53. The van der Waals surface area contributed by atoms with Crippen molar-refractivity contribution in [2.24, 2.45) is 5.10 Å². The Morgan fingerprint density at radius 2 is 1.58 bits per heavy atom. The first-order valence-corrected chi connectivity index (χ1v) is 11.7. The number of hydrogen-bond acceptors (Lipinski definition) is 4. The molecule has 0 aromatic heterocycles. The van der Waals surface area contributed by atoms with Crippen LogP contribution in [0.2, 0.25) is 0 Å². The van der Waals surface area contributed by atoms with E-state index in [4.69, 9.17) is 14.6 Å². The van der Waals surface area contributed by atoms with Gasteiger partial charge in [0.05, 0.1) is 11.8 Å². The first kappa shape index (κ1) is 20.1. The maximum absolute atomic E-state index is 6.50. The minimum atomic E-state index is -0.336. The van der Waals surface area contributed by atoms with Crippen molar-refractivity contribution in [3.8, 4) is 17.2 Å². The fourth-order valence-corrected chi connectivity index (χ4v) is 4.69. The normalized spacial score (nSPS) is 18.7. The predicted octanol–water partition coefficient (Wildman–Crippen LogP) is 7.48. The monoisotopic (exact) mass is 496 g/mol. The number of para-hydroxylation sites is 2. The topological polar surface area (TPSA) is 34.1 Å². The molecular formula is C28H21BrN2O2. The van der Waals surface area contributed by atoms with Gasteiger partial charge in [0.25, 0.3) is 0 Å². The van der Waals surface area contributed by atoms with E-state index in [1.165, 1.54) is 5.56 Å². The number of halogens is 1. The Morgan fingerprint density at radius 1 is 0.818 bits per heavy atom. The van der Waals surface area contributed by atoms with Crippen molar-refractivity contribution in [3.63, 3.8) is 0 Å². The van der Waals surface area contributed by atoms with Gasteiger partial charge in [-0.2, -0.15) is 5.10 Å². The van der Waals surface area contributed by atoms with Crippen molar-refractivity contribution in [3.05, 3.63) is 124 Å². The van der Waals surface area contributed by atoms with Crippen LogP contribution in [-0.4, -0.2) is 10.7 Å². The van der Waals surface area contributed by atoms with Gasteiger partial charge in [-0.3, -0.25) is 0 Å². The molecule has 0 aliphatic carbocycles. The second kappa shape index (κ2) is 8.41. The van der Waals surface area contributed by atoms with Gasteiger partial charge in [-0.25, -0.2) is 5.01 Å². The Labute approximate surface area is 201 Å². The van der Waals surface area contributed by atoms with Crippen molar-refractivity contribution in [1.82, 2.24) is 5.01 Å². The lowest BCUT2D eigenvalue weighted by Gasteiger charge is -2.38. The lowest BCUT2D eigenvalue weighted by Crippen LogP contribution is -2.33. The first-order valence-electron chi connectivity index (χ1n) is 10.9. The molecule has 0 saturated heterocycles. The zero-order valence-corrected chi connectivity index (χ0v) is 19.4. The molecule has 2 aliphatic rings. The van der Waals surface area contributed by atoms with Gasteiger partial charge in [0, 0.05) is 22.0 Å². The number of fused-ring (bicyclic) bond motifs is 3. The van der Waals surface area contributed by atoms with Crippen LogP contribution in [0, 0.1) is 0 Å². The maximum Gasteiger partial charge on any atom is 0.214 e. The fraction of sp³-hybridized carbons (Fsp3) is 0.107. The van der Waals surface area contributed by atoms with Crippen LogP contribution < -0.4 is 9.47 Å². The number of ether oxygens (including phenoxy) is 2. The Morgan fingerprint density at radius 3 is 2.42 bits per heavy atom. The molecule has 6 rings (SSSR count). The van der Waals surface area contributed by atoms with Gasteiger partial charge in [-0.15, -0.1) is 0 Å². The van der Waals surface area contributed by atoms with Crippen molar-refractivity contribution >= 4 is 21.6 Å². The summed E-state index contributed by atoms with van der Waals surface area (Å²) in [5.74, 6) is 2.48. The van der Waals surface area contributed by atoms with Crippen LogP contribution in [0.25, 0.3) is 0 Å². The van der Waals surface area contributed by atoms with Crippen molar-refractivity contribution < 1.29 is 9.47 Å². The minimum Gasteiger partial charge on any atom is -0.464 e. The lowest BCUT2D eigenvalue weighted by molar-refractivity contribution is -0.0191. The summed E-state index contributed by atoms with van der Waals surface area (Å²) in [6.07, 6.45) is 0.496. The average molecular weight is 497 g/mol. The fourth-order valence-electron chi connectivity index (χ4n) is 4.43. The molecule has 4 aromatic rings. The van der Waals surface area contributed by atoms with Crippen molar-refractivity contribution in [2.45, 2.75) is 18.7 Å². The van der Waals surface area contributed by atoms with E-state index in [1.807, 2.05) is 60.7 Å². The van der Waals surface area contributed by atoms with Crippen LogP contribution >= 0.6 is 15.9 Å². The quantitative estimate of drug-likeness (QED) is 0.293. The van der Waals surface area contributed by atoms with Crippen LogP contribution in [0.15, 0.2) is 113 Å². The zero-order chi connectivity index (χ0) is 22.2. The van der Waals surface area contributed by atoms with Crippen LogP contribution in [0.5, 0.6) is 17.2 Å². The molecule has 0 spiro atoms. The Kier molecular flexibility index (Phi) is 5.11. The number of benzene rings is 4. The van der Waals surface area contributed by atoms with Crippen LogP contribution in [0.3, 0.4) is 0 Å². The van der Waals surface area contributed by atoms with E-state index >= 15 is 0 Å². The SMILES string of the molecule is Brc1ccc(C2=NN3[C@@H](C2)c2ccccc2O[C@H]3c2cccc(Oc3ccccc3)c2)cc1. The molecule has 0 bridgehead atoms. The molecule has 0 N–H and O–H groups in total. The third-order valence-electron chi connectivity index (χ3n) is 6.00. The summed E-state index contributed by atoms with van der Waals surface area (Å²) in [6, 6.07) is 34.6. The van der Waals surface area contributed by atoms with Gasteiger partial charge in [-0.1, -0.05) is 76.6 Å². The van der Waals surface area contributed by atoms with E-state index in [0.29, 0.717) is 0 Å². The van der Waals surface area contributed by atoms with Crippen LogP contribution in [0.1, 0.15) is 35.4 Å². The molecule has 0 unspecified atom stereocenters. The maximum atomic E-state index is 6.50. The molecular weight excluding hydrogens is 476 g/mol. The second-order valence-corrected chi connectivity index (χ2v) is 9.06. The number of rotatable bonds is 4. The molecule has 2 aliphatic heterocycles. The van der Waals surface area contributed by atoms with Gasteiger partial charge < -0.3 is 9.47 Å². The summed E-state index contributed by atoms with van der Waals surface area (Å²) < 4.78 is 13.6. The van der Waals surface area contributed by atoms with Gasteiger partial charge >= 0.3 is 0 Å². The Balaban J connectivity index is 1.37. The summed E-state index contributed by atoms with van der Waals surface area (Å²) in [5, 5.41) is 7.15. The summed E-state index contributed by atoms with van der Waals surface area (Å²) >= 11 is 3.52. The van der Waals surface area contributed by atoms with Crippen LogP contribution in [0.4, 0.5) is 0 Å². The first-order chi connectivity index (χ1) is 16.2. The number of hydrogen-bond donors (Lipinski definition) is 0. The molecule has 0 fully saturated rings. The van der Waals surface area contributed by atoms with Crippen molar-refractivity contribution in [1.29, 1.82) is 0 Å². The molecule has 33 heavy (non-hydrogen) atoms. The average Bonchev–Trinajstić information content (AvgIpc) is 3.31. The lowest BCUT2D eigenvalue weighted by atomic mass is 9.96. The standard InChI is InChI=1S/C28H21BrN2O2/c29-21-15-13-19(14-16-21)25-18-26-24-11-4-5-12-27(24)33-28(31(26)30-25)20-7-6-10-23(17-20)32-22-8-2-1-3-9-22/h1-17,26,28H,18H2/t26-,28-/m0/s1. The largest absolute Gasteiger partial charge is 0.464 e. The molecule has 0 amide bonds. The summed E-state index contributed by atoms with van der Waals surface area (Å²) in [4.78, 5) is 0. The smallest absolute Gasteiger partial charge is 0.214 e. The highest BCUT2D eigenvalue weighted by Gasteiger charge is 2.40. The number of hydrazone groups is 1. The van der Waals surface area contributed by atoms with Gasteiger partial charge in [0.2, 0.25) is 6.23 Å². The molecule has 162 valence electrons. The highest BCUT2D eigenvalue weighted by atomic mass is 79.9. The Hall–Kier alpha value is -3.57. The molecule has 4 aromatic carbocycles. The molecule has 4 nitrogen and oxygen atoms in total. The molecule has 0 saturated carbocycles. The Bertz CT molecular complexity index is 1320. The molecule has 2 heterocycles. The van der Waals surface area contributed by atoms with E-state index in [-0.39, 0.29) is 12.3 Å². The van der Waals surface area contributed by atoms with E-state index in [1.54, 1.807) is 0 Å². The van der Waals surface area contributed by atoms with E-state index < -0.39 is 0 Å². The predicted molar refractivity (Wildman–Crippen MR) is 133 cm³/mol. The summed E-state index contributed by atoms with van der Waals surface area (Å²) in [7, 11) is 0. The molecule has 5 heteroatoms. The molecule has 0 radical (unpaired) electrons. The van der Waals surface area contributed by atoms with Gasteiger partial charge in [0.1, 0.15) is 17.2 Å².